The highest BCUT2D eigenvalue weighted by Gasteiger charge is 2.34. The van der Waals surface area contributed by atoms with E-state index in [0.717, 1.165) is 15.4 Å². The van der Waals surface area contributed by atoms with Crippen molar-refractivity contribution in [1.29, 1.82) is 0 Å². The van der Waals surface area contributed by atoms with Crippen LogP contribution in [0.25, 0.3) is 0 Å². The summed E-state index contributed by atoms with van der Waals surface area (Å²) in [5.41, 5.74) is 2.52. The summed E-state index contributed by atoms with van der Waals surface area (Å²) < 4.78 is 29.0. The molecule has 2 atom stereocenters. The number of aryl methyl sites for hydroxylation is 2. The number of sulfonamides is 1. The zero-order valence-electron chi connectivity index (χ0n) is 24.0. The molecular formula is C31H37Cl2N3O4S. The Labute approximate surface area is 253 Å². The number of hydrogen-bond donors (Lipinski definition) is 1. The SMILES string of the molecule is CC[C@H](C)NC(=O)[C@H](CC)N(Cc1c(Cl)cccc1Cl)C(=O)CN(c1cc(C)cc(C)c1)S(=O)(=O)c1ccccc1. The van der Waals surface area contributed by atoms with Gasteiger partial charge in [-0.15, -0.1) is 0 Å². The van der Waals surface area contributed by atoms with Gasteiger partial charge in [0, 0.05) is 28.2 Å². The van der Waals surface area contributed by atoms with Gasteiger partial charge in [0.15, 0.2) is 0 Å². The smallest absolute Gasteiger partial charge is 0.264 e. The Hall–Kier alpha value is -3.07. The first-order chi connectivity index (χ1) is 19.4. The summed E-state index contributed by atoms with van der Waals surface area (Å²) in [6.07, 6.45) is 1.01. The minimum Gasteiger partial charge on any atom is -0.352 e. The molecule has 1 N–H and O–H groups in total. The Morgan fingerprint density at radius 1 is 0.878 bits per heavy atom. The van der Waals surface area contributed by atoms with Crippen molar-refractivity contribution in [2.24, 2.45) is 0 Å². The largest absolute Gasteiger partial charge is 0.352 e. The van der Waals surface area contributed by atoms with Crippen LogP contribution >= 0.6 is 23.2 Å². The molecule has 0 heterocycles. The lowest BCUT2D eigenvalue weighted by molar-refractivity contribution is -0.140. The molecule has 0 aliphatic heterocycles. The predicted molar refractivity (Wildman–Crippen MR) is 166 cm³/mol. The van der Waals surface area contributed by atoms with E-state index >= 15 is 0 Å². The molecule has 0 aliphatic carbocycles. The molecule has 2 amide bonds. The number of nitrogens with zero attached hydrogens (tertiary/aromatic N) is 2. The molecule has 0 saturated carbocycles. The van der Waals surface area contributed by atoms with Gasteiger partial charge >= 0.3 is 0 Å². The predicted octanol–water partition coefficient (Wildman–Crippen LogP) is 6.53. The van der Waals surface area contributed by atoms with Crippen molar-refractivity contribution in [1.82, 2.24) is 10.2 Å². The number of carbonyl (C=O) groups excluding carboxylic acids is 2. The number of rotatable bonds is 12. The highest BCUT2D eigenvalue weighted by molar-refractivity contribution is 7.92. The van der Waals surface area contributed by atoms with Gasteiger partial charge in [-0.2, -0.15) is 0 Å². The van der Waals surface area contributed by atoms with Crippen LogP contribution < -0.4 is 9.62 Å². The van der Waals surface area contributed by atoms with Crippen LogP contribution in [0.3, 0.4) is 0 Å². The Balaban J connectivity index is 2.12. The molecule has 41 heavy (non-hydrogen) atoms. The van der Waals surface area contributed by atoms with Crippen LogP contribution in [-0.4, -0.2) is 43.8 Å². The lowest BCUT2D eigenvalue weighted by Crippen LogP contribution is -2.53. The third-order valence-electron chi connectivity index (χ3n) is 6.88. The van der Waals surface area contributed by atoms with Crippen molar-refractivity contribution < 1.29 is 18.0 Å². The first-order valence-electron chi connectivity index (χ1n) is 13.6. The van der Waals surface area contributed by atoms with Gasteiger partial charge in [-0.25, -0.2) is 8.42 Å². The maximum absolute atomic E-state index is 14.2. The zero-order valence-corrected chi connectivity index (χ0v) is 26.4. The molecule has 3 aromatic carbocycles. The van der Waals surface area contributed by atoms with Crippen molar-refractivity contribution in [3.05, 3.63) is 93.5 Å². The molecule has 3 aromatic rings. The van der Waals surface area contributed by atoms with E-state index < -0.39 is 28.5 Å². The summed E-state index contributed by atoms with van der Waals surface area (Å²) in [6, 6.07) is 17.4. The molecule has 3 rings (SSSR count). The number of halogens is 2. The van der Waals surface area contributed by atoms with E-state index in [1.165, 1.54) is 17.0 Å². The summed E-state index contributed by atoms with van der Waals surface area (Å²) in [5.74, 6) is -0.895. The highest BCUT2D eigenvalue weighted by Crippen LogP contribution is 2.29. The maximum Gasteiger partial charge on any atom is 0.264 e. The van der Waals surface area contributed by atoms with Gasteiger partial charge in [0.1, 0.15) is 12.6 Å². The molecule has 0 aliphatic rings. The summed E-state index contributed by atoms with van der Waals surface area (Å²) in [6.45, 7) is 8.76. The number of carbonyl (C=O) groups is 2. The monoisotopic (exact) mass is 617 g/mol. The van der Waals surface area contributed by atoms with Crippen LogP contribution in [0.2, 0.25) is 10.0 Å². The zero-order chi connectivity index (χ0) is 30.3. The summed E-state index contributed by atoms with van der Waals surface area (Å²) in [4.78, 5) is 29.1. The van der Waals surface area contributed by atoms with Crippen LogP contribution in [0.15, 0.2) is 71.6 Å². The molecule has 0 spiro atoms. The van der Waals surface area contributed by atoms with Crippen molar-refractivity contribution in [3.8, 4) is 0 Å². The number of nitrogens with one attached hydrogen (secondary N) is 1. The highest BCUT2D eigenvalue weighted by atomic mass is 35.5. The number of benzene rings is 3. The van der Waals surface area contributed by atoms with Gasteiger partial charge < -0.3 is 10.2 Å². The molecule has 0 saturated heterocycles. The molecular weight excluding hydrogens is 581 g/mol. The topological polar surface area (TPSA) is 86.8 Å². The van der Waals surface area contributed by atoms with E-state index in [-0.39, 0.29) is 23.4 Å². The molecule has 0 radical (unpaired) electrons. The molecule has 0 bridgehead atoms. The third-order valence-corrected chi connectivity index (χ3v) is 9.38. The first kappa shape index (κ1) is 32.4. The minimum absolute atomic E-state index is 0.0502. The molecule has 0 fully saturated rings. The average Bonchev–Trinajstić information content (AvgIpc) is 2.92. The Morgan fingerprint density at radius 3 is 2.00 bits per heavy atom. The van der Waals surface area contributed by atoms with E-state index in [1.807, 2.05) is 33.8 Å². The van der Waals surface area contributed by atoms with Crippen LogP contribution in [0.1, 0.15) is 50.3 Å². The average molecular weight is 619 g/mol. The van der Waals surface area contributed by atoms with Crippen molar-refractivity contribution in [2.45, 2.75) is 71.0 Å². The van der Waals surface area contributed by atoms with E-state index in [2.05, 4.69) is 5.32 Å². The van der Waals surface area contributed by atoms with Gasteiger partial charge in [-0.05, 0) is 81.1 Å². The van der Waals surface area contributed by atoms with Crippen LogP contribution in [0.5, 0.6) is 0 Å². The third kappa shape index (κ3) is 8.03. The second-order valence-corrected chi connectivity index (χ2v) is 12.8. The van der Waals surface area contributed by atoms with Gasteiger partial charge in [-0.1, -0.05) is 67.4 Å². The van der Waals surface area contributed by atoms with Crippen molar-refractivity contribution in [2.75, 3.05) is 10.8 Å². The maximum atomic E-state index is 14.2. The molecule has 0 aromatic heterocycles. The fourth-order valence-corrected chi connectivity index (χ4v) is 6.49. The summed E-state index contributed by atoms with van der Waals surface area (Å²) >= 11 is 12.9. The minimum atomic E-state index is -4.15. The lowest BCUT2D eigenvalue weighted by Gasteiger charge is -2.34. The van der Waals surface area contributed by atoms with Gasteiger partial charge in [-0.3, -0.25) is 13.9 Å². The number of amides is 2. The first-order valence-corrected chi connectivity index (χ1v) is 15.8. The molecule has 220 valence electrons. The summed E-state index contributed by atoms with van der Waals surface area (Å²) in [7, 11) is -4.15. The van der Waals surface area contributed by atoms with Crippen LogP contribution in [0.4, 0.5) is 5.69 Å². The second-order valence-electron chi connectivity index (χ2n) is 10.1. The van der Waals surface area contributed by atoms with Crippen LogP contribution in [-0.2, 0) is 26.2 Å². The molecule has 7 nitrogen and oxygen atoms in total. The van der Waals surface area contributed by atoms with Gasteiger partial charge in [0.2, 0.25) is 11.8 Å². The summed E-state index contributed by atoms with van der Waals surface area (Å²) in [5, 5.41) is 3.64. The Bertz CT molecular complexity index is 1440. The van der Waals surface area contributed by atoms with E-state index in [9.17, 15) is 18.0 Å². The van der Waals surface area contributed by atoms with Crippen molar-refractivity contribution in [3.63, 3.8) is 0 Å². The van der Waals surface area contributed by atoms with Gasteiger partial charge in [0.05, 0.1) is 10.6 Å². The standard InChI is InChI=1S/C31H37Cl2N3O4S/c1-6-23(5)34-31(38)29(7-2)35(19-26-27(32)14-11-15-28(26)33)30(37)20-36(24-17-21(3)16-22(4)18-24)41(39,40)25-12-9-8-10-13-25/h8-18,23,29H,6-7,19-20H2,1-5H3,(H,34,38)/t23-,29-/m0/s1. The number of anilines is 1. The number of hydrogen-bond acceptors (Lipinski definition) is 4. The van der Waals surface area contributed by atoms with E-state index in [4.69, 9.17) is 23.2 Å². The molecule has 0 unspecified atom stereocenters. The van der Waals surface area contributed by atoms with Gasteiger partial charge in [0.25, 0.3) is 10.0 Å². The van der Waals surface area contributed by atoms with E-state index in [0.29, 0.717) is 34.1 Å². The van der Waals surface area contributed by atoms with Crippen LogP contribution in [0, 0.1) is 13.8 Å². The quantitative estimate of drug-likeness (QED) is 0.250. The Morgan fingerprint density at radius 2 is 1.46 bits per heavy atom. The lowest BCUT2D eigenvalue weighted by atomic mass is 10.1. The van der Waals surface area contributed by atoms with Crippen molar-refractivity contribution >= 4 is 50.7 Å². The van der Waals surface area contributed by atoms with E-state index in [1.54, 1.807) is 55.5 Å². The Kier molecular flexibility index (Phi) is 11.2. The fraction of sp³-hybridized carbons (Fsp3) is 0.355. The normalized spacial score (nSPS) is 12.9. The molecule has 10 heteroatoms. The second kappa shape index (κ2) is 14.2. The fourth-order valence-electron chi connectivity index (χ4n) is 4.56.